The molecule has 6 nitrogen and oxygen atoms in total. The average molecular weight is 437 g/mol. The maximum Gasteiger partial charge on any atom is 0.305 e. The van der Waals surface area contributed by atoms with Crippen LogP contribution in [-0.4, -0.2) is 47.6 Å². The Kier molecular flexibility index (Phi) is 19.6. The number of rotatable bonds is 18. The second-order valence-electron chi connectivity index (χ2n) is 7.40. The van der Waals surface area contributed by atoms with E-state index in [-0.39, 0.29) is 25.3 Å². The van der Waals surface area contributed by atoms with E-state index in [1.54, 1.807) is 0 Å². The van der Waals surface area contributed by atoms with Crippen molar-refractivity contribution in [2.75, 3.05) is 13.2 Å². The van der Waals surface area contributed by atoms with Crippen LogP contribution < -0.4 is 0 Å². The van der Waals surface area contributed by atoms with Crippen molar-refractivity contribution < 1.29 is 29.3 Å². The quantitative estimate of drug-likeness (QED) is 0.186. The lowest BCUT2D eigenvalue weighted by molar-refractivity contribution is -0.151. The summed E-state index contributed by atoms with van der Waals surface area (Å²) in [6.45, 7) is 2.74. The highest BCUT2D eigenvalue weighted by atomic mass is 16.6. The molecule has 0 aliphatic rings. The molecule has 2 N–H and O–H groups in total. The summed E-state index contributed by atoms with van der Waals surface area (Å²) >= 11 is 0. The Morgan fingerprint density at radius 3 is 1.77 bits per heavy atom. The number of aliphatic hydroxyl groups is 2. The van der Waals surface area contributed by atoms with E-state index < -0.39 is 12.1 Å². The molecule has 0 aliphatic heterocycles. The predicted molar refractivity (Wildman–Crippen MR) is 123 cm³/mol. The molecule has 0 rings (SSSR count). The van der Waals surface area contributed by atoms with Crippen LogP contribution in [0.3, 0.4) is 0 Å². The van der Waals surface area contributed by atoms with E-state index in [0.29, 0.717) is 12.8 Å². The second-order valence-corrected chi connectivity index (χ2v) is 7.40. The Morgan fingerprint density at radius 1 is 0.774 bits per heavy atom. The summed E-state index contributed by atoms with van der Waals surface area (Å²) in [6, 6.07) is 0. The van der Waals surface area contributed by atoms with E-state index in [1.807, 2.05) is 13.0 Å². The van der Waals surface area contributed by atoms with Crippen LogP contribution >= 0.6 is 0 Å². The molecule has 0 saturated carbocycles. The van der Waals surface area contributed by atoms with Gasteiger partial charge in [0.2, 0.25) is 0 Å². The Bertz CT molecular complexity index is 575. The van der Waals surface area contributed by atoms with Gasteiger partial charge in [0.25, 0.3) is 0 Å². The number of ether oxygens (including phenoxy) is 2. The van der Waals surface area contributed by atoms with Crippen molar-refractivity contribution in [2.45, 2.75) is 83.8 Å². The molecule has 0 fully saturated rings. The first-order valence-electron chi connectivity index (χ1n) is 11.2. The van der Waals surface area contributed by atoms with E-state index in [1.165, 1.54) is 6.92 Å². The molecular weight excluding hydrogens is 396 g/mol. The normalized spacial score (nSPS) is 14.1. The Labute approximate surface area is 187 Å². The fourth-order valence-electron chi connectivity index (χ4n) is 2.47. The number of aliphatic hydroxyl groups excluding tert-OH is 2. The van der Waals surface area contributed by atoms with Gasteiger partial charge in [0, 0.05) is 13.3 Å². The van der Waals surface area contributed by atoms with Crippen molar-refractivity contribution in [3.8, 4) is 0 Å². The van der Waals surface area contributed by atoms with Gasteiger partial charge in [-0.2, -0.15) is 0 Å². The molecule has 176 valence electrons. The molecule has 0 amide bonds. The summed E-state index contributed by atoms with van der Waals surface area (Å²) in [6.07, 6.45) is 23.2. The zero-order valence-corrected chi connectivity index (χ0v) is 19.1. The van der Waals surface area contributed by atoms with Gasteiger partial charge in [-0.1, -0.05) is 48.6 Å². The summed E-state index contributed by atoms with van der Waals surface area (Å²) in [5, 5.41) is 18.7. The number of allylic oxidation sites excluding steroid dienone is 8. The van der Waals surface area contributed by atoms with Crippen molar-refractivity contribution in [1.29, 1.82) is 0 Å². The molecule has 0 radical (unpaired) electrons. The number of hydrogen-bond acceptors (Lipinski definition) is 6. The van der Waals surface area contributed by atoms with Gasteiger partial charge in [0.05, 0.1) is 6.10 Å². The third kappa shape index (κ3) is 24.0. The van der Waals surface area contributed by atoms with Crippen molar-refractivity contribution in [3.63, 3.8) is 0 Å². The molecule has 31 heavy (non-hydrogen) atoms. The smallest absolute Gasteiger partial charge is 0.305 e. The van der Waals surface area contributed by atoms with Crippen LogP contribution in [0.5, 0.6) is 0 Å². The van der Waals surface area contributed by atoms with Crippen molar-refractivity contribution in [3.05, 3.63) is 48.6 Å². The van der Waals surface area contributed by atoms with Gasteiger partial charge in [0.15, 0.2) is 0 Å². The number of unbranched alkanes of at least 4 members (excludes halogenated alkanes) is 2. The molecule has 0 aromatic carbocycles. The van der Waals surface area contributed by atoms with Crippen LogP contribution in [0.25, 0.3) is 0 Å². The molecule has 0 aromatic rings. The monoisotopic (exact) mass is 436 g/mol. The van der Waals surface area contributed by atoms with Crippen LogP contribution in [0.15, 0.2) is 48.6 Å². The summed E-state index contributed by atoms with van der Waals surface area (Å²) in [5.41, 5.74) is 0. The summed E-state index contributed by atoms with van der Waals surface area (Å²) in [5.74, 6) is -0.843. The van der Waals surface area contributed by atoms with E-state index >= 15 is 0 Å². The lowest BCUT2D eigenvalue weighted by Crippen LogP contribution is -2.24. The van der Waals surface area contributed by atoms with Gasteiger partial charge in [0.1, 0.15) is 19.3 Å². The van der Waals surface area contributed by atoms with Crippen LogP contribution in [-0.2, 0) is 19.1 Å². The Balaban J connectivity index is 3.57. The van der Waals surface area contributed by atoms with Gasteiger partial charge in [-0.25, -0.2) is 0 Å². The number of hydrogen-bond donors (Lipinski definition) is 2. The van der Waals surface area contributed by atoms with Gasteiger partial charge in [-0.15, -0.1) is 0 Å². The van der Waals surface area contributed by atoms with Crippen LogP contribution in [0.1, 0.15) is 71.6 Å². The third-order valence-corrected chi connectivity index (χ3v) is 4.14. The minimum atomic E-state index is -0.989. The first-order chi connectivity index (χ1) is 14.9. The highest BCUT2D eigenvalue weighted by Gasteiger charge is 2.09. The molecule has 6 heteroatoms. The van der Waals surface area contributed by atoms with Crippen molar-refractivity contribution >= 4 is 11.9 Å². The molecular formula is C25H40O6. The molecule has 2 atom stereocenters. The third-order valence-electron chi connectivity index (χ3n) is 4.14. The second kappa shape index (κ2) is 21.1. The van der Waals surface area contributed by atoms with E-state index in [0.717, 1.165) is 44.9 Å². The predicted octanol–water partition coefficient (Wildman–Crippen LogP) is 4.57. The van der Waals surface area contributed by atoms with Gasteiger partial charge < -0.3 is 19.7 Å². The van der Waals surface area contributed by atoms with Crippen molar-refractivity contribution in [1.82, 2.24) is 0 Å². The molecule has 0 unspecified atom stereocenters. The zero-order valence-electron chi connectivity index (χ0n) is 19.1. The molecule has 0 saturated heterocycles. The highest BCUT2D eigenvalue weighted by Crippen LogP contribution is 2.03. The fourth-order valence-corrected chi connectivity index (χ4v) is 2.47. The molecule has 0 aliphatic carbocycles. The van der Waals surface area contributed by atoms with E-state index in [4.69, 9.17) is 9.84 Å². The van der Waals surface area contributed by atoms with Crippen molar-refractivity contribution in [2.24, 2.45) is 0 Å². The number of carbonyl (C=O) groups excluding carboxylic acids is 2. The fraction of sp³-hybridized carbons (Fsp3) is 0.600. The zero-order chi connectivity index (χ0) is 23.2. The summed E-state index contributed by atoms with van der Waals surface area (Å²) < 4.78 is 9.56. The molecule has 0 spiro atoms. The molecule has 0 aromatic heterocycles. The van der Waals surface area contributed by atoms with Gasteiger partial charge >= 0.3 is 11.9 Å². The number of esters is 2. The van der Waals surface area contributed by atoms with Crippen LogP contribution in [0.4, 0.5) is 0 Å². The molecule has 0 bridgehead atoms. The Hall–Kier alpha value is -2.18. The first kappa shape index (κ1) is 28.8. The minimum Gasteiger partial charge on any atom is -0.463 e. The summed E-state index contributed by atoms with van der Waals surface area (Å²) in [7, 11) is 0. The SMILES string of the molecule is CC(=O)OC[C@@H](O)COC(=O)CCC/C=C\C/C=C\C/C=C\C/C=C\CCC[C@@H](C)O. The lowest BCUT2D eigenvalue weighted by Gasteiger charge is -2.10. The van der Waals surface area contributed by atoms with Gasteiger partial charge in [-0.05, 0) is 58.3 Å². The van der Waals surface area contributed by atoms with E-state index in [2.05, 4.69) is 47.3 Å². The maximum atomic E-state index is 11.6. The first-order valence-corrected chi connectivity index (χ1v) is 11.2. The highest BCUT2D eigenvalue weighted by molar-refractivity contribution is 5.69. The largest absolute Gasteiger partial charge is 0.463 e. The topological polar surface area (TPSA) is 93.1 Å². The number of carbonyl (C=O) groups is 2. The average Bonchev–Trinajstić information content (AvgIpc) is 2.72. The maximum absolute atomic E-state index is 11.6. The van der Waals surface area contributed by atoms with Crippen LogP contribution in [0.2, 0.25) is 0 Å². The summed E-state index contributed by atoms with van der Waals surface area (Å²) in [4.78, 5) is 22.2. The molecule has 0 heterocycles. The minimum absolute atomic E-state index is 0.165. The standard InChI is InChI=1S/C25H40O6/c1-22(26)18-16-14-12-10-8-6-4-3-5-7-9-11-13-15-17-19-25(29)31-21-24(28)20-30-23(2)27/h4-7,10-13,22,24,26,28H,3,8-9,14-21H2,1-2H3/b6-4-,7-5-,12-10-,13-11-/t22-,24-/m1/s1. The van der Waals surface area contributed by atoms with E-state index in [9.17, 15) is 14.7 Å². The lowest BCUT2D eigenvalue weighted by atomic mass is 10.1. The Morgan fingerprint density at radius 2 is 1.26 bits per heavy atom. The van der Waals surface area contributed by atoms with Crippen LogP contribution in [0, 0.1) is 0 Å². The van der Waals surface area contributed by atoms with Gasteiger partial charge in [-0.3, -0.25) is 9.59 Å².